The van der Waals surface area contributed by atoms with Crippen molar-refractivity contribution in [3.63, 3.8) is 0 Å². The Morgan fingerprint density at radius 2 is 1.77 bits per heavy atom. The second-order valence-corrected chi connectivity index (χ2v) is 6.76. The summed E-state index contributed by atoms with van der Waals surface area (Å²) in [7, 11) is 0. The molecule has 2 heterocycles. The molecule has 0 bridgehead atoms. The van der Waals surface area contributed by atoms with Gasteiger partial charge in [0.25, 0.3) is 0 Å². The van der Waals surface area contributed by atoms with Crippen LogP contribution in [-0.4, -0.2) is 28.1 Å². The molecule has 26 heavy (non-hydrogen) atoms. The van der Waals surface area contributed by atoms with Gasteiger partial charge in [-0.1, -0.05) is 54.1 Å². The molecule has 1 aromatic heterocycles. The van der Waals surface area contributed by atoms with Crippen molar-refractivity contribution >= 4 is 5.69 Å². The number of aryl methyl sites for hydroxylation is 2. The standard InChI is InChI=1S/C21H24N4O/c1-3-17-8-10-19(11-9-17)25-12-13-26-21(25)20-15-24(23-22-20)14-18-6-4-16(2)5-7-18/h4-11,15,21H,3,12-14H2,1-2H3/t21-/m0/s1. The van der Waals surface area contributed by atoms with Gasteiger partial charge in [-0.3, -0.25) is 0 Å². The van der Waals surface area contributed by atoms with Crippen LogP contribution in [0.25, 0.3) is 0 Å². The Hall–Kier alpha value is -2.66. The summed E-state index contributed by atoms with van der Waals surface area (Å²) in [5.41, 5.74) is 5.84. The van der Waals surface area contributed by atoms with E-state index in [1.807, 2.05) is 10.9 Å². The van der Waals surface area contributed by atoms with Crippen molar-refractivity contribution in [3.05, 3.63) is 77.1 Å². The van der Waals surface area contributed by atoms with Crippen molar-refractivity contribution in [2.75, 3.05) is 18.1 Å². The van der Waals surface area contributed by atoms with Crippen LogP contribution >= 0.6 is 0 Å². The van der Waals surface area contributed by atoms with Crippen LogP contribution in [0, 0.1) is 6.92 Å². The second-order valence-electron chi connectivity index (χ2n) is 6.76. The number of hydrogen-bond acceptors (Lipinski definition) is 4. The third-order valence-corrected chi connectivity index (χ3v) is 4.84. The lowest BCUT2D eigenvalue weighted by Crippen LogP contribution is -2.23. The minimum absolute atomic E-state index is 0.172. The lowest BCUT2D eigenvalue weighted by molar-refractivity contribution is 0.110. The van der Waals surface area contributed by atoms with Gasteiger partial charge in [0, 0.05) is 12.2 Å². The van der Waals surface area contributed by atoms with Gasteiger partial charge in [-0.05, 0) is 36.6 Å². The van der Waals surface area contributed by atoms with E-state index in [9.17, 15) is 0 Å². The van der Waals surface area contributed by atoms with Crippen molar-refractivity contribution in [3.8, 4) is 0 Å². The van der Waals surface area contributed by atoms with Gasteiger partial charge < -0.3 is 9.64 Å². The molecule has 0 N–H and O–H groups in total. The molecule has 5 heteroatoms. The Morgan fingerprint density at radius 3 is 2.50 bits per heavy atom. The van der Waals surface area contributed by atoms with E-state index in [1.54, 1.807) is 0 Å². The monoisotopic (exact) mass is 348 g/mol. The number of ether oxygens (including phenoxy) is 1. The molecule has 0 radical (unpaired) electrons. The third kappa shape index (κ3) is 3.48. The normalized spacial score (nSPS) is 17.0. The van der Waals surface area contributed by atoms with E-state index in [0.717, 1.165) is 24.3 Å². The van der Waals surface area contributed by atoms with Crippen LogP contribution in [0.1, 0.15) is 35.5 Å². The molecule has 0 aliphatic carbocycles. The fourth-order valence-corrected chi connectivity index (χ4v) is 3.29. The van der Waals surface area contributed by atoms with E-state index in [2.05, 4.69) is 77.6 Å². The fraction of sp³-hybridized carbons (Fsp3) is 0.333. The molecule has 2 aromatic carbocycles. The average Bonchev–Trinajstić information content (AvgIpc) is 3.33. The van der Waals surface area contributed by atoms with E-state index in [0.29, 0.717) is 13.2 Å². The fourth-order valence-electron chi connectivity index (χ4n) is 3.29. The van der Waals surface area contributed by atoms with Crippen molar-refractivity contribution in [2.24, 2.45) is 0 Å². The quantitative estimate of drug-likeness (QED) is 0.705. The Balaban J connectivity index is 1.51. The van der Waals surface area contributed by atoms with Gasteiger partial charge in [0.05, 0.1) is 19.3 Å². The van der Waals surface area contributed by atoms with Crippen molar-refractivity contribution < 1.29 is 4.74 Å². The maximum absolute atomic E-state index is 5.95. The molecule has 4 rings (SSSR count). The van der Waals surface area contributed by atoms with Gasteiger partial charge in [0.2, 0.25) is 0 Å². The highest BCUT2D eigenvalue weighted by molar-refractivity contribution is 5.49. The van der Waals surface area contributed by atoms with Gasteiger partial charge in [-0.15, -0.1) is 5.10 Å². The van der Waals surface area contributed by atoms with Crippen molar-refractivity contribution in [1.29, 1.82) is 0 Å². The lowest BCUT2D eigenvalue weighted by atomic mass is 10.1. The van der Waals surface area contributed by atoms with Gasteiger partial charge in [-0.2, -0.15) is 0 Å². The van der Waals surface area contributed by atoms with Crippen molar-refractivity contribution in [2.45, 2.75) is 33.0 Å². The molecule has 0 unspecified atom stereocenters. The van der Waals surface area contributed by atoms with E-state index in [4.69, 9.17) is 4.74 Å². The van der Waals surface area contributed by atoms with Crippen molar-refractivity contribution in [1.82, 2.24) is 15.0 Å². The van der Waals surface area contributed by atoms with E-state index in [-0.39, 0.29) is 6.23 Å². The minimum atomic E-state index is -0.172. The molecule has 1 aliphatic heterocycles. The van der Waals surface area contributed by atoms with Crippen LogP contribution in [0.15, 0.2) is 54.7 Å². The highest BCUT2D eigenvalue weighted by atomic mass is 16.5. The number of aromatic nitrogens is 3. The largest absolute Gasteiger partial charge is 0.350 e. The summed E-state index contributed by atoms with van der Waals surface area (Å²) in [6, 6.07) is 17.2. The van der Waals surface area contributed by atoms with Crippen LogP contribution < -0.4 is 4.90 Å². The van der Waals surface area contributed by atoms with E-state index < -0.39 is 0 Å². The van der Waals surface area contributed by atoms with Crippen LogP contribution in [0.2, 0.25) is 0 Å². The Bertz CT molecular complexity index is 854. The third-order valence-electron chi connectivity index (χ3n) is 4.84. The number of benzene rings is 2. The van der Waals surface area contributed by atoms with E-state index >= 15 is 0 Å². The Morgan fingerprint density at radius 1 is 1.04 bits per heavy atom. The molecule has 0 amide bonds. The number of rotatable bonds is 5. The maximum Gasteiger partial charge on any atom is 0.177 e. The summed E-state index contributed by atoms with van der Waals surface area (Å²) >= 11 is 0. The summed E-state index contributed by atoms with van der Waals surface area (Å²) in [5.74, 6) is 0. The molecule has 3 aromatic rings. The summed E-state index contributed by atoms with van der Waals surface area (Å²) < 4.78 is 7.83. The minimum Gasteiger partial charge on any atom is -0.350 e. The molecule has 0 saturated carbocycles. The summed E-state index contributed by atoms with van der Waals surface area (Å²) in [4.78, 5) is 2.25. The smallest absolute Gasteiger partial charge is 0.177 e. The van der Waals surface area contributed by atoms with Gasteiger partial charge in [0.15, 0.2) is 6.23 Å². The molecule has 1 aliphatic rings. The van der Waals surface area contributed by atoms with Crippen LogP contribution in [0.4, 0.5) is 5.69 Å². The molecular weight excluding hydrogens is 324 g/mol. The predicted octanol–water partition coefficient (Wildman–Crippen LogP) is 3.73. The highest BCUT2D eigenvalue weighted by Gasteiger charge is 2.29. The molecule has 1 atom stereocenters. The zero-order valence-electron chi connectivity index (χ0n) is 15.3. The molecule has 5 nitrogen and oxygen atoms in total. The molecule has 1 fully saturated rings. The first kappa shape index (κ1) is 16.8. The second kappa shape index (κ2) is 7.30. The molecule has 1 saturated heterocycles. The van der Waals surface area contributed by atoms with Gasteiger partial charge in [0.1, 0.15) is 5.69 Å². The Labute approximate surface area is 154 Å². The Kier molecular flexibility index (Phi) is 4.71. The first-order valence-corrected chi connectivity index (χ1v) is 9.15. The van der Waals surface area contributed by atoms with E-state index in [1.165, 1.54) is 16.7 Å². The summed E-state index contributed by atoms with van der Waals surface area (Å²) in [6.07, 6.45) is 2.87. The predicted molar refractivity (Wildman–Crippen MR) is 102 cm³/mol. The zero-order chi connectivity index (χ0) is 17.9. The van der Waals surface area contributed by atoms with Gasteiger partial charge >= 0.3 is 0 Å². The SMILES string of the molecule is CCc1ccc(N2CCO[C@H]2c2cn(Cc3ccc(C)cc3)nn2)cc1. The number of hydrogen-bond donors (Lipinski definition) is 0. The van der Waals surface area contributed by atoms with Gasteiger partial charge in [-0.25, -0.2) is 4.68 Å². The average molecular weight is 348 g/mol. The first-order chi connectivity index (χ1) is 12.7. The summed E-state index contributed by atoms with van der Waals surface area (Å²) in [6.45, 7) is 6.54. The lowest BCUT2D eigenvalue weighted by Gasteiger charge is -2.23. The first-order valence-electron chi connectivity index (χ1n) is 9.15. The molecule has 134 valence electrons. The maximum atomic E-state index is 5.95. The number of anilines is 1. The highest BCUT2D eigenvalue weighted by Crippen LogP contribution is 2.31. The van der Waals surface area contributed by atoms with Crippen LogP contribution in [0.3, 0.4) is 0 Å². The van der Waals surface area contributed by atoms with Crippen LogP contribution in [-0.2, 0) is 17.7 Å². The molecule has 0 spiro atoms. The molecular formula is C21H24N4O. The number of nitrogens with zero attached hydrogens (tertiary/aromatic N) is 4. The topological polar surface area (TPSA) is 43.2 Å². The zero-order valence-corrected chi connectivity index (χ0v) is 15.3. The summed E-state index contributed by atoms with van der Waals surface area (Å²) in [5, 5.41) is 8.66. The van der Waals surface area contributed by atoms with Crippen LogP contribution in [0.5, 0.6) is 0 Å².